The maximum atomic E-state index is 12.1. The summed E-state index contributed by atoms with van der Waals surface area (Å²) < 4.78 is 5.16. The highest BCUT2D eigenvalue weighted by Crippen LogP contribution is 2.09. The number of hydrogen-bond donors (Lipinski definition) is 2. The molecule has 0 spiro atoms. The second-order valence-electron chi connectivity index (χ2n) is 4.12. The van der Waals surface area contributed by atoms with Gasteiger partial charge < -0.3 is 20.1 Å². The van der Waals surface area contributed by atoms with E-state index in [2.05, 4.69) is 5.32 Å². The van der Waals surface area contributed by atoms with E-state index in [9.17, 15) is 14.7 Å². The van der Waals surface area contributed by atoms with E-state index in [0.29, 0.717) is 31.2 Å². The van der Waals surface area contributed by atoms with Gasteiger partial charge in [0.25, 0.3) is 5.91 Å². The second kappa shape index (κ2) is 6.65. The van der Waals surface area contributed by atoms with Crippen molar-refractivity contribution in [3.8, 4) is 0 Å². The molecule has 2 N–H and O–H groups in total. The Balaban J connectivity index is 1.95. The summed E-state index contributed by atoms with van der Waals surface area (Å²) in [6, 6.07) is 2.54. The molecule has 2 rings (SSSR count). The quantitative estimate of drug-likeness (QED) is 0.795. The topological polar surface area (TPSA) is 78.9 Å². The molecule has 19 heavy (non-hydrogen) atoms. The lowest BCUT2D eigenvalue weighted by Crippen LogP contribution is -2.53. The Bertz CT molecular complexity index is 429. The average molecular weight is 284 g/mol. The van der Waals surface area contributed by atoms with Gasteiger partial charge in [-0.3, -0.25) is 9.59 Å². The number of carbonyl (C=O) groups is 2. The zero-order chi connectivity index (χ0) is 13.7. The van der Waals surface area contributed by atoms with Crippen LogP contribution in [0.4, 0.5) is 0 Å². The Morgan fingerprint density at radius 1 is 1.47 bits per heavy atom. The van der Waals surface area contributed by atoms with E-state index in [1.54, 1.807) is 22.4 Å². The highest BCUT2D eigenvalue weighted by Gasteiger charge is 2.27. The van der Waals surface area contributed by atoms with E-state index in [1.807, 2.05) is 0 Å². The first-order valence-electron chi connectivity index (χ1n) is 6.04. The summed E-state index contributed by atoms with van der Waals surface area (Å²) in [5.41, 5.74) is 0. The molecule has 0 bridgehead atoms. The third kappa shape index (κ3) is 3.52. The van der Waals surface area contributed by atoms with E-state index in [4.69, 9.17) is 4.74 Å². The maximum Gasteiger partial charge on any atom is 0.262 e. The zero-order valence-corrected chi connectivity index (χ0v) is 11.2. The van der Waals surface area contributed by atoms with Crippen LogP contribution in [0.5, 0.6) is 0 Å². The monoisotopic (exact) mass is 284 g/mol. The van der Waals surface area contributed by atoms with Gasteiger partial charge in [-0.1, -0.05) is 6.07 Å². The second-order valence-corrected chi connectivity index (χ2v) is 5.07. The number of nitrogens with one attached hydrogen (secondary N) is 1. The van der Waals surface area contributed by atoms with Gasteiger partial charge in [-0.05, 0) is 11.4 Å². The molecule has 1 atom stereocenters. The Kier molecular flexibility index (Phi) is 4.89. The van der Waals surface area contributed by atoms with Crippen LogP contribution >= 0.6 is 11.3 Å². The molecular weight excluding hydrogens is 268 g/mol. The molecular formula is C12H16N2O4S. The molecule has 1 fully saturated rings. The number of hydrogen-bond acceptors (Lipinski definition) is 5. The number of aliphatic hydroxyl groups excluding tert-OH is 1. The normalized spacial score (nSPS) is 17.0. The zero-order valence-electron chi connectivity index (χ0n) is 10.4. The predicted octanol–water partition coefficient (Wildman–Crippen LogP) is -0.302. The minimum Gasteiger partial charge on any atom is -0.394 e. The van der Waals surface area contributed by atoms with Gasteiger partial charge in [-0.2, -0.15) is 0 Å². The fourth-order valence-electron chi connectivity index (χ4n) is 1.83. The third-order valence-corrected chi connectivity index (χ3v) is 3.72. The van der Waals surface area contributed by atoms with Gasteiger partial charge in [0.05, 0.1) is 24.7 Å². The van der Waals surface area contributed by atoms with Crippen LogP contribution in [0.1, 0.15) is 9.67 Å². The molecule has 104 valence electrons. The number of carbonyl (C=O) groups excluding carboxylic acids is 2. The Labute approximate surface area is 115 Å². The largest absolute Gasteiger partial charge is 0.394 e. The minimum absolute atomic E-state index is 0.268. The summed E-state index contributed by atoms with van der Waals surface area (Å²) in [6.07, 6.45) is 0. The first kappa shape index (κ1) is 14.0. The van der Waals surface area contributed by atoms with Gasteiger partial charge in [0.1, 0.15) is 6.04 Å². The van der Waals surface area contributed by atoms with Gasteiger partial charge in [-0.15, -0.1) is 11.3 Å². The summed E-state index contributed by atoms with van der Waals surface area (Å²) in [4.78, 5) is 26.1. The van der Waals surface area contributed by atoms with Crippen LogP contribution in [0.15, 0.2) is 17.5 Å². The molecule has 7 heteroatoms. The molecule has 6 nitrogen and oxygen atoms in total. The molecule has 1 aromatic heterocycles. The number of thiophene rings is 1. The number of nitrogens with zero attached hydrogens (tertiary/aromatic N) is 1. The summed E-state index contributed by atoms with van der Waals surface area (Å²) in [5.74, 6) is -0.605. The van der Waals surface area contributed by atoms with Crippen molar-refractivity contribution in [3.63, 3.8) is 0 Å². The summed E-state index contributed by atoms with van der Waals surface area (Å²) in [6.45, 7) is 1.55. The van der Waals surface area contributed by atoms with Crippen molar-refractivity contribution in [3.05, 3.63) is 22.4 Å². The van der Waals surface area contributed by atoms with Crippen LogP contribution < -0.4 is 5.32 Å². The first-order valence-corrected chi connectivity index (χ1v) is 6.92. The maximum absolute atomic E-state index is 12.1. The number of aliphatic hydroxyl groups is 1. The smallest absolute Gasteiger partial charge is 0.262 e. The van der Waals surface area contributed by atoms with Crippen LogP contribution in [0.3, 0.4) is 0 Å². The molecule has 0 aromatic carbocycles. The molecule has 1 aliphatic heterocycles. The Morgan fingerprint density at radius 2 is 2.21 bits per heavy atom. The van der Waals surface area contributed by atoms with Crippen molar-refractivity contribution in [1.29, 1.82) is 0 Å². The number of rotatable bonds is 4. The Hall–Kier alpha value is -1.44. The lowest BCUT2D eigenvalue weighted by molar-refractivity contribution is -0.138. The van der Waals surface area contributed by atoms with Crippen molar-refractivity contribution in [2.45, 2.75) is 6.04 Å². The van der Waals surface area contributed by atoms with E-state index in [-0.39, 0.29) is 11.8 Å². The van der Waals surface area contributed by atoms with E-state index in [1.165, 1.54) is 11.3 Å². The number of morpholine rings is 1. The average Bonchev–Trinajstić information content (AvgIpc) is 2.99. The van der Waals surface area contributed by atoms with Gasteiger partial charge in [-0.25, -0.2) is 0 Å². The van der Waals surface area contributed by atoms with Crippen LogP contribution in [0.25, 0.3) is 0 Å². The fourth-order valence-corrected chi connectivity index (χ4v) is 2.45. The van der Waals surface area contributed by atoms with Crippen molar-refractivity contribution in [1.82, 2.24) is 10.2 Å². The molecule has 0 saturated carbocycles. The molecule has 0 radical (unpaired) electrons. The number of ether oxygens (including phenoxy) is 1. The van der Waals surface area contributed by atoms with E-state index in [0.717, 1.165) is 0 Å². The van der Waals surface area contributed by atoms with Gasteiger partial charge in [0, 0.05) is 13.1 Å². The number of amides is 2. The Morgan fingerprint density at radius 3 is 2.79 bits per heavy atom. The van der Waals surface area contributed by atoms with Crippen molar-refractivity contribution in [2.75, 3.05) is 32.9 Å². The van der Waals surface area contributed by atoms with Crippen molar-refractivity contribution in [2.24, 2.45) is 0 Å². The summed E-state index contributed by atoms with van der Waals surface area (Å²) >= 11 is 1.29. The molecule has 1 aliphatic rings. The molecule has 0 unspecified atom stereocenters. The highest BCUT2D eigenvalue weighted by molar-refractivity contribution is 7.12. The predicted molar refractivity (Wildman–Crippen MR) is 70.1 cm³/mol. The molecule has 1 aromatic rings. The van der Waals surface area contributed by atoms with E-state index < -0.39 is 12.6 Å². The van der Waals surface area contributed by atoms with Crippen molar-refractivity contribution >= 4 is 23.2 Å². The lowest BCUT2D eigenvalue weighted by atomic mass is 10.2. The molecule has 1 saturated heterocycles. The van der Waals surface area contributed by atoms with Crippen LogP contribution in [0, 0.1) is 0 Å². The summed E-state index contributed by atoms with van der Waals surface area (Å²) in [7, 11) is 0. The van der Waals surface area contributed by atoms with Crippen LogP contribution in [-0.2, 0) is 9.53 Å². The lowest BCUT2D eigenvalue weighted by Gasteiger charge is -2.30. The van der Waals surface area contributed by atoms with Gasteiger partial charge >= 0.3 is 0 Å². The third-order valence-electron chi connectivity index (χ3n) is 2.85. The highest BCUT2D eigenvalue weighted by atomic mass is 32.1. The van der Waals surface area contributed by atoms with Crippen LogP contribution in [-0.4, -0.2) is 60.8 Å². The SMILES string of the molecule is O=C(N[C@@H](CO)C(=O)N1CCOCC1)c1cccs1. The molecule has 0 aliphatic carbocycles. The van der Waals surface area contributed by atoms with Crippen LogP contribution in [0.2, 0.25) is 0 Å². The van der Waals surface area contributed by atoms with Gasteiger partial charge in [0.15, 0.2) is 0 Å². The van der Waals surface area contributed by atoms with E-state index >= 15 is 0 Å². The van der Waals surface area contributed by atoms with Gasteiger partial charge in [0.2, 0.25) is 5.91 Å². The molecule has 2 amide bonds. The molecule has 2 heterocycles. The summed E-state index contributed by atoms with van der Waals surface area (Å²) in [5, 5.41) is 13.6. The standard InChI is InChI=1S/C12H16N2O4S/c15-8-9(12(17)14-3-5-18-6-4-14)13-11(16)10-2-1-7-19-10/h1-2,7,9,15H,3-6,8H2,(H,13,16)/t9-/m0/s1. The first-order chi connectivity index (χ1) is 9.22. The minimum atomic E-state index is -0.896. The van der Waals surface area contributed by atoms with Crippen molar-refractivity contribution < 1.29 is 19.4 Å². The fraction of sp³-hybridized carbons (Fsp3) is 0.500.